The lowest BCUT2D eigenvalue weighted by Gasteiger charge is -2.17. The highest BCUT2D eigenvalue weighted by Gasteiger charge is 2.19. The van der Waals surface area contributed by atoms with E-state index in [9.17, 15) is 0 Å². The van der Waals surface area contributed by atoms with Gasteiger partial charge < -0.3 is 0 Å². The lowest BCUT2D eigenvalue weighted by atomic mass is 9.89. The van der Waals surface area contributed by atoms with Gasteiger partial charge in [0, 0.05) is 62.0 Å². The lowest BCUT2D eigenvalue weighted by molar-refractivity contribution is 1.37. The van der Waals surface area contributed by atoms with Gasteiger partial charge in [-0.1, -0.05) is 121 Å². The zero-order valence-corrected chi connectivity index (χ0v) is 28.0. The van der Waals surface area contributed by atoms with Crippen LogP contribution in [-0.2, 0) is 0 Å². The van der Waals surface area contributed by atoms with Crippen molar-refractivity contribution in [3.63, 3.8) is 0 Å². The first-order valence-electron chi connectivity index (χ1n) is 17.6. The quantitative estimate of drug-likeness (QED) is 0.177. The van der Waals surface area contributed by atoms with Crippen LogP contribution in [0.3, 0.4) is 0 Å². The number of hydrogen-bond acceptors (Lipinski definition) is 4. The monoisotopic (exact) mass is 660 g/mol. The molecule has 0 aliphatic rings. The van der Waals surface area contributed by atoms with E-state index in [0.717, 1.165) is 71.7 Å². The van der Waals surface area contributed by atoms with Crippen LogP contribution >= 0.6 is 0 Å². The van der Waals surface area contributed by atoms with E-state index < -0.39 is 0 Å². The van der Waals surface area contributed by atoms with Gasteiger partial charge in [-0.15, -0.1) is 0 Å². The highest BCUT2D eigenvalue weighted by atomic mass is 14.7. The van der Waals surface area contributed by atoms with Gasteiger partial charge in [-0.3, -0.25) is 15.0 Å². The van der Waals surface area contributed by atoms with Crippen molar-refractivity contribution in [2.45, 2.75) is 0 Å². The van der Waals surface area contributed by atoms with Crippen LogP contribution < -0.4 is 0 Å². The van der Waals surface area contributed by atoms with E-state index in [-0.39, 0.29) is 0 Å². The maximum Gasteiger partial charge on any atom is 0.0970 e. The minimum absolute atomic E-state index is 0.905. The van der Waals surface area contributed by atoms with Gasteiger partial charge in [-0.05, 0) is 68.6 Å². The summed E-state index contributed by atoms with van der Waals surface area (Å²) in [6.07, 6.45) is 5.56. The molecule has 0 bridgehead atoms. The predicted octanol–water partition coefficient (Wildman–Crippen LogP) is 12.3. The number of benzene rings is 7. The Morgan fingerprint density at radius 2 is 0.865 bits per heavy atom. The van der Waals surface area contributed by atoms with Gasteiger partial charge in [0.1, 0.15) is 0 Å². The normalized spacial score (nSPS) is 11.8. The molecule has 4 heteroatoms. The summed E-state index contributed by atoms with van der Waals surface area (Å²) < 4.78 is 0. The van der Waals surface area contributed by atoms with Gasteiger partial charge in [0.25, 0.3) is 0 Å². The van der Waals surface area contributed by atoms with Crippen LogP contribution in [0.2, 0.25) is 0 Å². The molecular formula is C48H28N4. The number of nitrogens with zero attached hydrogens (tertiary/aromatic N) is 4. The second-order valence-corrected chi connectivity index (χ2v) is 13.4. The van der Waals surface area contributed by atoms with Crippen molar-refractivity contribution in [3.05, 3.63) is 170 Å². The summed E-state index contributed by atoms with van der Waals surface area (Å²) in [5.74, 6) is 0. The fourth-order valence-corrected chi connectivity index (χ4v) is 8.28. The summed E-state index contributed by atoms with van der Waals surface area (Å²) in [4.78, 5) is 19.7. The van der Waals surface area contributed by atoms with Gasteiger partial charge >= 0.3 is 0 Å². The third-order valence-electron chi connectivity index (χ3n) is 10.6. The van der Waals surface area contributed by atoms with Gasteiger partial charge in [0.05, 0.1) is 27.8 Å². The number of para-hydroxylation sites is 1. The summed E-state index contributed by atoms with van der Waals surface area (Å²) in [5.41, 5.74) is 10.3. The summed E-state index contributed by atoms with van der Waals surface area (Å²) in [7, 11) is 0. The van der Waals surface area contributed by atoms with Crippen LogP contribution in [-0.4, -0.2) is 19.9 Å². The van der Waals surface area contributed by atoms with Gasteiger partial charge in [-0.2, -0.15) is 0 Å². The standard InChI is InChI=1S/C48H28N4/c1-3-13-36-33(11-1)34-12-2-4-14-37(34)44-43(36)40-15-5-6-18-42(40)52-45(44)30-21-19-29(20-22-30)32-23-24-35(38-16-8-26-50-47(32)38)41-28-31-10-7-25-49-46(31)48-39(41)17-9-27-51-48/h1-28H. The molecule has 0 N–H and O–H groups in total. The van der Waals surface area contributed by atoms with Crippen molar-refractivity contribution in [1.29, 1.82) is 0 Å². The molecular weight excluding hydrogens is 633 g/mol. The zero-order valence-electron chi connectivity index (χ0n) is 28.0. The van der Waals surface area contributed by atoms with E-state index in [1.807, 2.05) is 36.8 Å². The molecule has 0 saturated carbocycles. The van der Waals surface area contributed by atoms with Crippen LogP contribution in [0.1, 0.15) is 0 Å². The fourth-order valence-electron chi connectivity index (χ4n) is 8.28. The Kier molecular flexibility index (Phi) is 6.22. The number of fused-ring (bicyclic) bond motifs is 12. The van der Waals surface area contributed by atoms with Crippen molar-refractivity contribution in [2.24, 2.45) is 0 Å². The maximum atomic E-state index is 5.35. The summed E-state index contributed by atoms with van der Waals surface area (Å²) in [6, 6.07) is 53.9. The molecule has 0 unspecified atom stereocenters. The third-order valence-corrected chi connectivity index (χ3v) is 10.6. The smallest absolute Gasteiger partial charge is 0.0970 e. The molecule has 0 saturated heterocycles. The van der Waals surface area contributed by atoms with E-state index in [2.05, 4.69) is 138 Å². The first kappa shape index (κ1) is 28.8. The zero-order chi connectivity index (χ0) is 34.2. The number of hydrogen-bond donors (Lipinski definition) is 0. The lowest BCUT2D eigenvalue weighted by Crippen LogP contribution is -1.93. The molecule has 0 amide bonds. The second-order valence-electron chi connectivity index (χ2n) is 13.4. The Hall–Kier alpha value is -7.04. The molecule has 4 nitrogen and oxygen atoms in total. The van der Waals surface area contributed by atoms with E-state index in [1.165, 1.54) is 37.7 Å². The Balaban J connectivity index is 1.11. The predicted molar refractivity (Wildman–Crippen MR) is 216 cm³/mol. The average Bonchev–Trinajstić information content (AvgIpc) is 3.22. The minimum atomic E-state index is 0.905. The van der Waals surface area contributed by atoms with E-state index >= 15 is 0 Å². The number of rotatable bonds is 3. The van der Waals surface area contributed by atoms with Gasteiger partial charge in [0.2, 0.25) is 0 Å². The topological polar surface area (TPSA) is 51.6 Å². The molecule has 11 aromatic rings. The fraction of sp³-hybridized carbons (Fsp3) is 0. The van der Waals surface area contributed by atoms with Crippen molar-refractivity contribution in [2.75, 3.05) is 0 Å². The highest BCUT2D eigenvalue weighted by molar-refractivity contribution is 6.33. The number of aromatic nitrogens is 4. The highest BCUT2D eigenvalue weighted by Crippen LogP contribution is 2.44. The number of pyridine rings is 4. The molecule has 0 radical (unpaired) electrons. The van der Waals surface area contributed by atoms with Gasteiger partial charge in [-0.25, -0.2) is 4.98 Å². The van der Waals surface area contributed by atoms with E-state index in [1.54, 1.807) is 0 Å². The average molecular weight is 661 g/mol. The molecule has 0 spiro atoms. The summed E-state index contributed by atoms with van der Waals surface area (Å²) in [6.45, 7) is 0. The SMILES string of the molecule is c1cnc2c(c1)cc(-c1ccc(-c3ccc(-c4nc5ccccc5c5c6ccccc6c6ccccc6c45)cc3)c3ncccc13)c1cccnc12. The van der Waals surface area contributed by atoms with E-state index in [0.29, 0.717) is 0 Å². The largest absolute Gasteiger partial charge is 0.256 e. The summed E-state index contributed by atoms with van der Waals surface area (Å²) >= 11 is 0. The Morgan fingerprint density at radius 1 is 0.327 bits per heavy atom. The Labute approximate surface area is 298 Å². The van der Waals surface area contributed by atoms with Crippen molar-refractivity contribution < 1.29 is 0 Å². The second kappa shape index (κ2) is 11.2. The molecule has 7 aromatic carbocycles. The first-order valence-corrected chi connectivity index (χ1v) is 17.6. The van der Waals surface area contributed by atoms with Crippen LogP contribution in [0.4, 0.5) is 0 Å². The van der Waals surface area contributed by atoms with E-state index in [4.69, 9.17) is 15.0 Å². The first-order chi connectivity index (χ1) is 25.8. The van der Waals surface area contributed by atoms with Crippen LogP contribution in [0.5, 0.6) is 0 Å². The molecule has 0 aliphatic heterocycles. The molecule has 0 atom stereocenters. The van der Waals surface area contributed by atoms with Gasteiger partial charge in [0.15, 0.2) is 0 Å². The molecule has 11 rings (SSSR count). The molecule has 240 valence electrons. The minimum Gasteiger partial charge on any atom is -0.256 e. The molecule has 4 heterocycles. The maximum absolute atomic E-state index is 5.35. The molecule has 4 aromatic heterocycles. The Morgan fingerprint density at radius 3 is 1.62 bits per heavy atom. The van der Waals surface area contributed by atoms with Crippen molar-refractivity contribution in [3.8, 4) is 33.5 Å². The third kappa shape index (κ3) is 4.21. The van der Waals surface area contributed by atoms with Crippen LogP contribution in [0.25, 0.3) is 109 Å². The van der Waals surface area contributed by atoms with Crippen LogP contribution in [0, 0.1) is 0 Å². The van der Waals surface area contributed by atoms with Crippen molar-refractivity contribution >= 4 is 75.9 Å². The molecule has 0 aliphatic carbocycles. The summed E-state index contributed by atoms with van der Waals surface area (Å²) in [5, 5.41) is 11.8. The molecule has 0 fully saturated rings. The molecule has 52 heavy (non-hydrogen) atoms. The van der Waals surface area contributed by atoms with Crippen LogP contribution in [0.15, 0.2) is 170 Å². The Bertz CT molecular complexity index is 3240. The van der Waals surface area contributed by atoms with Crippen molar-refractivity contribution in [1.82, 2.24) is 19.9 Å².